The summed E-state index contributed by atoms with van der Waals surface area (Å²) in [6.07, 6.45) is 5.38. The fraction of sp³-hybridized carbons (Fsp3) is 0.556. The van der Waals surface area contributed by atoms with E-state index in [2.05, 4.69) is 20.0 Å². The van der Waals surface area contributed by atoms with Gasteiger partial charge in [0.25, 0.3) is 0 Å². The molecule has 0 bridgehead atoms. The van der Waals surface area contributed by atoms with Crippen molar-refractivity contribution >= 4 is 32.1 Å². The number of hydrogen-bond acceptors (Lipinski definition) is 6. The zero-order valence-electron chi connectivity index (χ0n) is 16.6. The van der Waals surface area contributed by atoms with Gasteiger partial charge in [-0.2, -0.15) is 0 Å². The highest BCUT2D eigenvalue weighted by atomic mass is 35.5. The van der Waals surface area contributed by atoms with Crippen LogP contribution in [-0.4, -0.2) is 31.8 Å². The van der Waals surface area contributed by atoms with Gasteiger partial charge in [0.05, 0.1) is 17.0 Å². The summed E-state index contributed by atoms with van der Waals surface area (Å²) >= 11 is 6.11. The van der Waals surface area contributed by atoms with Crippen molar-refractivity contribution in [1.82, 2.24) is 9.97 Å². The first kappa shape index (κ1) is 22.2. The van der Waals surface area contributed by atoms with Crippen LogP contribution < -0.4 is 4.74 Å². The molecule has 0 aromatic carbocycles. The van der Waals surface area contributed by atoms with E-state index < -0.39 is 15.3 Å². The Hall–Kier alpha value is -2.09. The van der Waals surface area contributed by atoms with Crippen LogP contribution in [0.4, 0.5) is 0 Å². The summed E-state index contributed by atoms with van der Waals surface area (Å²) in [5, 5.41) is 5.37. The molecule has 0 saturated carbocycles. The lowest BCUT2D eigenvalue weighted by Gasteiger charge is -2.25. The van der Waals surface area contributed by atoms with Crippen LogP contribution in [0.2, 0.25) is 5.15 Å². The van der Waals surface area contributed by atoms with Crippen molar-refractivity contribution in [3.63, 3.8) is 0 Å². The van der Waals surface area contributed by atoms with Crippen molar-refractivity contribution in [3.8, 4) is 5.88 Å². The van der Waals surface area contributed by atoms with E-state index in [1.807, 2.05) is 20.8 Å². The Kier molecular flexibility index (Phi) is 6.75. The number of aromatic nitrogens is 2. The monoisotopic (exact) mass is 424 g/mol. The summed E-state index contributed by atoms with van der Waals surface area (Å²) in [5.74, 6) is 0.370. The molecule has 0 radical (unpaired) electrons. The Balaban J connectivity index is 2.50. The Morgan fingerprint density at radius 3 is 2.64 bits per heavy atom. The van der Waals surface area contributed by atoms with E-state index in [1.165, 1.54) is 6.26 Å². The highest BCUT2D eigenvalue weighted by Crippen LogP contribution is 2.37. The normalized spacial score (nSPS) is 17.8. The lowest BCUT2D eigenvalue weighted by atomic mass is 9.88. The molecule has 2 rings (SSSR count). The molecule has 0 amide bonds. The minimum Gasteiger partial charge on any atom is -0.474 e. The molecular weight excluding hydrogens is 400 g/mol. The zero-order chi connectivity index (χ0) is 21.1. The third kappa shape index (κ3) is 4.84. The van der Waals surface area contributed by atoms with Crippen LogP contribution >= 0.6 is 11.6 Å². The molecule has 1 unspecified atom stereocenters. The summed E-state index contributed by atoms with van der Waals surface area (Å²) in [6, 6.07) is 1.71. The van der Waals surface area contributed by atoms with Gasteiger partial charge in [0.1, 0.15) is 5.15 Å². The standard InChI is InChI=1S/C18H25ClN6O2S/c1-6-18(4,24-25-20)15-10-23-17(14-9-22-16(19)8-13(14)15)27-11(2)7-12(3)28(5,21)26/h8-12,21H,6-7H2,1-5H3/t11-,12-,18-,28?/m1/s1. The number of azide groups is 1. The van der Waals surface area contributed by atoms with Gasteiger partial charge >= 0.3 is 0 Å². The van der Waals surface area contributed by atoms with E-state index in [9.17, 15) is 4.21 Å². The molecule has 2 heterocycles. The molecule has 10 heteroatoms. The van der Waals surface area contributed by atoms with Crippen LogP contribution in [0.3, 0.4) is 0 Å². The first-order chi connectivity index (χ1) is 13.0. The molecule has 4 atom stereocenters. The Labute approximate surface area is 170 Å². The summed E-state index contributed by atoms with van der Waals surface area (Å²) < 4.78 is 25.6. The molecule has 0 aliphatic heterocycles. The van der Waals surface area contributed by atoms with Crippen molar-refractivity contribution < 1.29 is 8.95 Å². The van der Waals surface area contributed by atoms with Gasteiger partial charge in [0.2, 0.25) is 5.88 Å². The predicted octanol–water partition coefficient (Wildman–Crippen LogP) is 5.44. The maximum absolute atomic E-state index is 11.9. The average Bonchev–Trinajstić information content (AvgIpc) is 2.60. The Bertz CT molecular complexity index is 1020. The molecule has 0 saturated heterocycles. The summed E-state index contributed by atoms with van der Waals surface area (Å²) in [4.78, 5) is 11.6. The Morgan fingerprint density at radius 1 is 1.39 bits per heavy atom. The third-order valence-electron chi connectivity index (χ3n) is 4.98. The molecule has 2 aromatic heterocycles. The van der Waals surface area contributed by atoms with Crippen LogP contribution in [0.5, 0.6) is 5.88 Å². The minimum atomic E-state index is -2.65. The zero-order valence-corrected chi connectivity index (χ0v) is 18.2. The minimum absolute atomic E-state index is 0.298. The quantitative estimate of drug-likeness (QED) is 0.262. The number of pyridine rings is 2. The number of nitrogens with one attached hydrogen (secondary N) is 1. The molecule has 0 spiro atoms. The second-order valence-corrected chi connectivity index (χ2v) is 10.2. The molecule has 0 aliphatic rings. The van der Waals surface area contributed by atoms with Crippen molar-refractivity contribution in [2.45, 2.75) is 57.4 Å². The fourth-order valence-corrected chi connectivity index (χ4v) is 3.71. The summed E-state index contributed by atoms with van der Waals surface area (Å²) in [6.45, 7) is 7.40. The second kappa shape index (κ2) is 8.51. The van der Waals surface area contributed by atoms with E-state index >= 15 is 0 Å². The molecule has 2 aromatic rings. The predicted molar refractivity (Wildman–Crippen MR) is 112 cm³/mol. The number of ether oxygens (including phenoxy) is 1. The molecule has 0 aliphatic carbocycles. The smallest absolute Gasteiger partial charge is 0.223 e. The number of nitrogens with zero attached hydrogens (tertiary/aromatic N) is 5. The first-order valence-electron chi connectivity index (χ1n) is 8.92. The molecular formula is C18H25ClN6O2S. The van der Waals surface area contributed by atoms with Gasteiger partial charge in [0.15, 0.2) is 0 Å². The highest BCUT2D eigenvalue weighted by molar-refractivity contribution is 7.92. The number of halogens is 1. The van der Waals surface area contributed by atoms with Gasteiger partial charge < -0.3 is 4.74 Å². The molecule has 28 heavy (non-hydrogen) atoms. The SMILES string of the molecule is CC[C@@](C)(N=[N+]=[N-])c1cnc(O[C@H](C)C[C@@H](C)S(C)(=N)=O)c2cnc(Cl)cc12. The molecule has 0 fully saturated rings. The van der Waals surface area contributed by atoms with Crippen molar-refractivity contribution in [3.05, 3.63) is 39.6 Å². The van der Waals surface area contributed by atoms with Crippen LogP contribution in [0.15, 0.2) is 23.6 Å². The lowest BCUT2D eigenvalue weighted by molar-refractivity contribution is 0.205. The van der Waals surface area contributed by atoms with E-state index in [4.69, 9.17) is 26.6 Å². The summed E-state index contributed by atoms with van der Waals surface area (Å²) in [7, 11) is -2.65. The van der Waals surface area contributed by atoms with Crippen molar-refractivity contribution in [2.75, 3.05) is 6.26 Å². The van der Waals surface area contributed by atoms with Gasteiger partial charge in [-0.3, -0.25) is 4.78 Å². The van der Waals surface area contributed by atoms with E-state index in [-0.39, 0.29) is 11.4 Å². The van der Waals surface area contributed by atoms with E-state index in [1.54, 1.807) is 25.4 Å². The van der Waals surface area contributed by atoms with E-state index in [0.717, 1.165) is 10.9 Å². The van der Waals surface area contributed by atoms with Gasteiger partial charge in [-0.05, 0) is 56.2 Å². The summed E-state index contributed by atoms with van der Waals surface area (Å²) in [5.41, 5.74) is 8.93. The van der Waals surface area contributed by atoms with Crippen LogP contribution in [0.1, 0.15) is 46.1 Å². The maximum atomic E-state index is 11.9. The van der Waals surface area contributed by atoms with Crippen molar-refractivity contribution in [2.24, 2.45) is 5.11 Å². The lowest BCUT2D eigenvalue weighted by Crippen LogP contribution is -2.24. The van der Waals surface area contributed by atoms with Crippen LogP contribution in [-0.2, 0) is 15.3 Å². The number of fused-ring (bicyclic) bond motifs is 1. The molecule has 152 valence electrons. The molecule has 8 nitrogen and oxygen atoms in total. The number of rotatable bonds is 8. The van der Waals surface area contributed by atoms with Gasteiger partial charge in [-0.15, -0.1) is 0 Å². The maximum Gasteiger partial charge on any atom is 0.223 e. The Morgan fingerprint density at radius 2 is 2.07 bits per heavy atom. The third-order valence-corrected chi connectivity index (χ3v) is 6.92. The number of hydrogen-bond donors (Lipinski definition) is 1. The second-order valence-electron chi connectivity index (χ2n) is 7.23. The fourth-order valence-electron chi connectivity index (χ4n) is 2.91. The first-order valence-corrected chi connectivity index (χ1v) is 11.3. The molecule has 1 N–H and O–H groups in total. The van der Waals surface area contributed by atoms with E-state index in [0.29, 0.717) is 29.3 Å². The van der Waals surface area contributed by atoms with Crippen LogP contribution in [0.25, 0.3) is 21.2 Å². The van der Waals surface area contributed by atoms with Gasteiger partial charge in [0, 0.05) is 38.5 Å². The average molecular weight is 425 g/mol. The van der Waals surface area contributed by atoms with Crippen LogP contribution in [0, 0.1) is 4.78 Å². The van der Waals surface area contributed by atoms with Gasteiger partial charge in [-0.25, -0.2) is 14.2 Å². The highest BCUT2D eigenvalue weighted by Gasteiger charge is 2.27. The van der Waals surface area contributed by atoms with Gasteiger partial charge in [-0.1, -0.05) is 23.6 Å². The largest absolute Gasteiger partial charge is 0.474 e. The van der Waals surface area contributed by atoms with Crippen molar-refractivity contribution in [1.29, 1.82) is 4.78 Å². The topological polar surface area (TPSA) is 125 Å².